The van der Waals surface area contributed by atoms with Gasteiger partial charge in [0.1, 0.15) is 12.4 Å². The Morgan fingerprint density at radius 2 is 2.24 bits per heavy atom. The molecule has 2 rings (SSSR count). The van der Waals surface area contributed by atoms with E-state index in [-0.39, 0.29) is 11.8 Å². The zero-order chi connectivity index (χ0) is 12.1. The average Bonchev–Trinajstić information content (AvgIpc) is 2.38. The predicted molar refractivity (Wildman–Crippen MR) is 61.1 cm³/mol. The highest BCUT2D eigenvalue weighted by Gasteiger charge is 2.22. The van der Waals surface area contributed by atoms with Gasteiger partial charge in [-0.2, -0.15) is 0 Å². The molecule has 1 aliphatic rings. The lowest BCUT2D eigenvalue weighted by Gasteiger charge is -2.19. The summed E-state index contributed by atoms with van der Waals surface area (Å²) in [6.07, 6.45) is 0.842. The van der Waals surface area contributed by atoms with E-state index in [0.717, 1.165) is 5.75 Å². The number of para-hydroxylation sites is 1. The fourth-order valence-corrected chi connectivity index (χ4v) is 1.50. The molecule has 0 aliphatic carbocycles. The maximum atomic E-state index is 10.6. The second kappa shape index (κ2) is 5.34. The Labute approximate surface area is 98.6 Å². The van der Waals surface area contributed by atoms with Crippen molar-refractivity contribution in [3.05, 3.63) is 30.3 Å². The van der Waals surface area contributed by atoms with Crippen LogP contribution in [0.4, 0.5) is 0 Å². The molecule has 0 amide bonds. The minimum Gasteiger partial charge on any atom is -0.490 e. The molecule has 17 heavy (non-hydrogen) atoms. The zero-order valence-electron chi connectivity index (χ0n) is 9.20. The number of hydrogen-bond donors (Lipinski definition) is 1. The van der Waals surface area contributed by atoms with Crippen molar-refractivity contribution in [2.24, 2.45) is 5.16 Å². The quantitative estimate of drug-likeness (QED) is 0.862. The van der Waals surface area contributed by atoms with Crippen LogP contribution in [0, 0.1) is 0 Å². The van der Waals surface area contributed by atoms with E-state index in [1.807, 2.05) is 30.3 Å². The third-order valence-electron chi connectivity index (χ3n) is 2.44. The third-order valence-corrected chi connectivity index (χ3v) is 2.44. The molecular formula is C12H13NO4. The largest absolute Gasteiger partial charge is 0.490 e. The predicted octanol–water partition coefficient (Wildman–Crippen LogP) is 1.69. The van der Waals surface area contributed by atoms with Crippen LogP contribution in [0.5, 0.6) is 5.75 Å². The van der Waals surface area contributed by atoms with Crippen LogP contribution in [0.15, 0.2) is 35.5 Å². The molecule has 0 radical (unpaired) electrons. The molecule has 1 N–H and O–H groups in total. The summed E-state index contributed by atoms with van der Waals surface area (Å²) in [5, 5.41) is 12.3. The van der Waals surface area contributed by atoms with Crippen LogP contribution in [0.1, 0.15) is 12.8 Å². The van der Waals surface area contributed by atoms with Gasteiger partial charge in [0, 0.05) is 6.42 Å². The molecule has 0 fully saturated rings. The highest BCUT2D eigenvalue weighted by Crippen LogP contribution is 2.14. The fraction of sp³-hybridized carbons (Fsp3) is 0.333. The van der Waals surface area contributed by atoms with Gasteiger partial charge >= 0.3 is 5.97 Å². The number of ether oxygens (including phenoxy) is 1. The van der Waals surface area contributed by atoms with Crippen LogP contribution >= 0.6 is 0 Å². The first-order valence-corrected chi connectivity index (χ1v) is 5.39. The van der Waals surface area contributed by atoms with E-state index >= 15 is 0 Å². The molecule has 0 bridgehead atoms. The first-order valence-electron chi connectivity index (χ1n) is 5.39. The molecule has 5 nitrogen and oxygen atoms in total. The van der Waals surface area contributed by atoms with E-state index in [1.165, 1.54) is 0 Å². The number of benzene rings is 1. The SMILES string of the molecule is O=C(O)C1=NOC(COc2ccccc2)CC1. The Bertz CT molecular complexity index is 416. The van der Waals surface area contributed by atoms with E-state index in [4.69, 9.17) is 14.7 Å². The van der Waals surface area contributed by atoms with E-state index < -0.39 is 5.97 Å². The second-order valence-electron chi connectivity index (χ2n) is 3.73. The maximum Gasteiger partial charge on any atom is 0.353 e. The Kier molecular flexibility index (Phi) is 3.59. The van der Waals surface area contributed by atoms with Crippen molar-refractivity contribution in [1.82, 2.24) is 0 Å². The van der Waals surface area contributed by atoms with Gasteiger partial charge in [0.05, 0.1) is 0 Å². The number of oxime groups is 1. The maximum absolute atomic E-state index is 10.6. The number of hydrogen-bond acceptors (Lipinski definition) is 4. The summed E-state index contributed by atoms with van der Waals surface area (Å²) in [5.41, 5.74) is 0.0703. The van der Waals surface area contributed by atoms with Gasteiger partial charge in [-0.15, -0.1) is 0 Å². The summed E-state index contributed by atoms with van der Waals surface area (Å²) < 4.78 is 5.50. The first-order chi connectivity index (χ1) is 8.25. The minimum absolute atomic E-state index is 0.0703. The Hall–Kier alpha value is -2.04. The number of carboxylic acids is 1. The summed E-state index contributed by atoms with van der Waals surface area (Å²) in [6.45, 7) is 0.375. The van der Waals surface area contributed by atoms with Crippen molar-refractivity contribution in [2.45, 2.75) is 18.9 Å². The molecule has 1 unspecified atom stereocenters. The van der Waals surface area contributed by atoms with Gasteiger partial charge < -0.3 is 14.7 Å². The molecule has 0 saturated heterocycles. The van der Waals surface area contributed by atoms with Gasteiger partial charge in [0.2, 0.25) is 0 Å². The van der Waals surface area contributed by atoms with Crippen molar-refractivity contribution >= 4 is 11.7 Å². The molecule has 5 heteroatoms. The van der Waals surface area contributed by atoms with Crippen LogP contribution in [-0.4, -0.2) is 29.5 Å². The summed E-state index contributed by atoms with van der Waals surface area (Å²) >= 11 is 0. The van der Waals surface area contributed by atoms with Gasteiger partial charge in [-0.3, -0.25) is 0 Å². The summed E-state index contributed by atoms with van der Waals surface area (Å²) in [4.78, 5) is 15.7. The molecule has 1 heterocycles. The Balaban J connectivity index is 1.81. The molecular weight excluding hydrogens is 222 g/mol. The van der Waals surface area contributed by atoms with Gasteiger partial charge in [-0.05, 0) is 18.6 Å². The number of carboxylic acid groups (broad SMARTS) is 1. The molecule has 0 aromatic heterocycles. The van der Waals surface area contributed by atoms with Gasteiger partial charge in [0.25, 0.3) is 0 Å². The molecule has 0 spiro atoms. The van der Waals surface area contributed by atoms with Crippen LogP contribution in [-0.2, 0) is 9.63 Å². The lowest BCUT2D eigenvalue weighted by atomic mass is 10.1. The van der Waals surface area contributed by atoms with E-state index in [0.29, 0.717) is 19.4 Å². The number of nitrogens with zero attached hydrogens (tertiary/aromatic N) is 1. The van der Waals surface area contributed by atoms with Gasteiger partial charge in [-0.1, -0.05) is 23.4 Å². The van der Waals surface area contributed by atoms with Crippen molar-refractivity contribution in [2.75, 3.05) is 6.61 Å². The fourth-order valence-electron chi connectivity index (χ4n) is 1.50. The number of carbonyl (C=O) groups is 1. The van der Waals surface area contributed by atoms with Crippen molar-refractivity contribution in [3.8, 4) is 5.75 Å². The molecule has 1 aromatic carbocycles. The van der Waals surface area contributed by atoms with Crippen LogP contribution in [0.25, 0.3) is 0 Å². The zero-order valence-corrected chi connectivity index (χ0v) is 9.20. The molecule has 1 aromatic rings. The average molecular weight is 235 g/mol. The molecule has 90 valence electrons. The highest BCUT2D eigenvalue weighted by atomic mass is 16.7. The van der Waals surface area contributed by atoms with E-state index in [1.54, 1.807) is 0 Å². The van der Waals surface area contributed by atoms with Crippen molar-refractivity contribution in [3.63, 3.8) is 0 Å². The lowest BCUT2D eigenvalue weighted by Crippen LogP contribution is -2.28. The summed E-state index contributed by atoms with van der Waals surface area (Å²) in [6, 6.07) is 9.40. The van der Waals surface area contributed by atoms with Crippen molar-refractivity contribution < 1.29 is 19.5 Å². The standard InChI is InChI=1S/C12H13NO4/c14-12(15)11-7-6-10(17-13-11)8-16-9-4-2-1-3-5-9/h1-5,10H,6-8H2,(H,14,15). The number of rotatable bonds is 4. The summed E-state index contributed by atoms with van der Waals surface area (Å²) in [5.74, 6) is -0.253. The van der Waals surface area contributed by atoms with E-state index in [9.17, 15) is 4.79 Å². The molecule has 1 atom stereocenters. The normalized spacial score (nSPS) is 19.1. The molecule has 0 saturated carbocycles. The van der Waals surface area contributed by atoms with Crippen molar-refractivity contribution in [1.29, 1.82) is 0 Å². The Morgan fingerprint density at radius 1 is 1.47 bits per heavy atom. The minimum atomic E-state index is -1.02. The third kappa shape index (κ3) is 3.21. The number of aliphatic carboxylic acids is 1. The van der Waals surface area contributed by atoms with Crippen LogP contribution in [0.2, 0.25) is 0 Å². The smallest absolute Gasteiger partial charge is 0.353 e. The van der Waals surface area contributed by atoms with Crippen LogP contribution < -0.4 is 4.74 Å². The topological polar surface area (TPSA) is 68.1 Å². The summed E-state index contributed by atoms with van der Waals surface area (Å²) in [7, 11) is 0. The lowest BCUT2D eigenvalue weighted by molar-refractivity contribution is -0.130. The van der Waals surface area contributed by atoms with E-state index in [2.05, 4.69) is 5.16 Å². The Morgan fingerprint density at radius 3 is 2.82 bits per heavy atom. The second-order valence-corrected chi connectivity index (χ2v) is 3.73. The van der Waals surface area contributed by atoms with Gasteiger partial charge in [0.15, 0.2) is 11.8 Å². The first kappa shape index (κ1) is 11.4. The molecule has 1 aliphatic heterocycles. The monoisotopic (exact) mass is 235 g/mol. The van der Waals surface area contributed by atoms with Gasteiger partial charge in [-0.25, -0.2) is 4.79 Å². The van der Waals surface area contributed by atoms with Crippen LogP contribution in [0.3, 0.4) is 0 Å². The highest BCUT2D eigenvalue weighted by molar-refractivity contribution is 6.35.